The van der Waals surface area contributed by atoms with Crippen LogP contribution in [0.25, 0.3) is 0 Å². The largest absolute Gasteiger partial charge is 0.446 e. The van der Waals surface area contributed by atoms with Crippen molar-refractivity contribution in [2.45, 2.75) is 49.9 Å². The first-order valence-corrected chi connectivity index (χ1v) is 9.78. The van der Waals surface area contributed by atoms with E-state index in [0.717, 1.165) is 45.3 Å². The van der Waals surface area contributed by atoms with Gasteiger partial charge in [0.25, 0.3) is 0 Å². The fourth-order valence-corrected chi connectivity index (χ4v) is 2.88. The zero-order valence-corrected chi connectivity index (χ0v) is 16.2. The van der Waals surface area contributed by atoms with Crippen LogP contribution in [0.1, 0.15) is 39.5 Å². The van der Waals surface area contributed by atoms with Crippen LogP contribution in [0.2, 0.25) is 0 Å². The second-order valence-electron chi connectivity index (χ2n) is 6.00. The summed E-state index contributed by atoms with van der Waals surface area (Å²) >= 11 is -0.176. The van der Waals surface area contributed by atoms with Gasteiger partial charge in [0.15, 0.2) is 0 Å². The highest BCUT2D eigenvalue weighted by Crippen LogP contribution is 2.36. The Morgan fingerprint density at radius 3 is 2.12 bits per heavy atom. The summed E-state index contributed by atoms with van der Waals surface area (Å²) in [5, 5.41) is 5.42. The highest BCUT2D eigenvalue weighted by atomic mass is 32.2. The van der Waals surface area contributed by atoms with Gasteiger partial charge in [-0.1, -0.05) is 26.7 Å². The zero-order chi connectivity index (χ0) is 19.4. The summed E-state index contributed by atoms with van der Waals surface area (Å²) in [5.41, 5.74) is -3.85. The summed E-state index contributed by atoms with van der Waals surface area (Å²) in [4.78, 5) is 14.3. The van der Waals surface area contributed by atoms with Crippen molar-refractivity contribution < 1.29 is 18.0 Å². The number of urea groups is 1. The van der Waals surface area contributed by atoms with Crippen molar-refractivity contribution in [2.24, 2.45) is 0 Å². The minimum Gasteiger partial charge on any atom is -0.337 e. The molecule has 8 heteroatoms. The van der Waals surface area contributed by atoms with E-state index in [-0.39, 0.29) is 22.7 Å². The van der Waals surface area contributed by atoms with Crippen LogP contribution in [0.15, 0.2) is 29.2 Å². The standard InChI is InChI=1S/C18H28F3N3OS/c1-3-5-12-24(13-6-4-2)14-11-22-17(25)23-15-7-9-16(10-8-15)26-18(19,20)21/h7-10H,3-6,11-14H2,1-2H3,(H2,22,23,25). The number of carbonyl (C=O) groups is 1. The average molecular weight is 392 g/mol. The molecular weight excluding hydrogens is 363 g/mol. The Hall–Kier alpha value is -1.41. The molecule has 0 saturated carbocycles. The van der Waals surface area contributed by atoms with Crippen LogP contribution >= 0.6 is 11.8 Å². The number of benzene rings is 1. The minimum atomic E-state index is -4.31. The Kier molecular flexibility index (Phi) is 10.5. The van der Waals surface area contributed by atoms with Gasteiger partial charge in [0.1, 0.15) is 0 Å². The lowest BCUT2D eigenvalue weighted by molar-refractivity contribution is -0.0328. The second-order valence-corrected chi connectivity index (χ2v) is 7.14. The molecule has 0 aliphatic heterocycles. The third kappa shape index (κ3) is 10.6. The summed E-state index contributed by atoms with van der Waals surface area (Å²) in [7, 11) is 0. The number of amides is 2. The Morgan fingerprint density at radius 1 is 1.04 bits per heavy atom. The number of nitrogens with one attached hydrogen (secondary N) is 2. The van der Waals surface area contributed by atoms with Gasteiger partial charge < -0.3 is 15.5 Å². The van der Waals surface area contributed by atoms with Gasteiger partial charge in [0.05, 0.1) is 0 Å². The van der Waals surface area contributed by atoms with Crippen LogP contribution < -0.4 is 10.6 Å². The van der Waals surface area contributed by atoms with E-state index < -0.39 is 5.51 Å². The molecule has 2 amide bonds. The van der Waals surface area contributed by atoms with Crippen molar-refractivity contribution in [2.75, 3.05) is 31.5 Å². The summed E-state index contributed by atoms with van der Waals surface area (Å²) < 4.78 is 36.9. The van der Waals surface area contributed by atoms with Crippen LogP contribution in [0.4, 0.5) is 23.7 Å². The average Bonchev–Trinajstić information content (AvgIpc) is 2.57. The first-order chi connectivity index (χ1) is 12.3. The van der Waals surface area contributed by atoms with E-state index in [9.17, 15) is 18.0 Å². The van der Waals surface area contributed by atoms with Crippen LogP contribution in [0.5, 0.6) is 0 Å². The van der Waals surface area contributed by atoms with E-state index in [1.165, 1.54) is 24.3 Å². The van der Waals surface area contributed by atoms with E-state index in [1.54, 1.807) is 0 Å². The van der Waals surface area contributed by atoms with Crippen molar-refractivity contribution in [3.05, 3.63) is 24.3 Å². The Labute approximate surface area is 157 Å². The SMILES string of the molecule is CCCCN(CCCC)CCNC(=O)Nc1ccc(SC(F)(F)F)cc1. The highest BCUT2D eigenvalue weighted by Gasteiger charge is 2.29. The maximum absolute atomic E-state index is 12.3. The summed E-state index contributed by atoms with van der Waals surface area (Å²) in [6.45, 7) is 7.68. The third-order valence-corrected chi connectivity index (χ3v) is 4.45. The molecule has 0 atom stereocenters. The van der Waals surface area contributed by atoms with Crippen LogP contribution in [0, 0.1) is 0 Å². The molecule has 0 fully saturated rings. The van der Waals surface area contributed by atoms with Gasteiger partial charge in [-0.25, -0.2) is 4.79 Å². The lowest BCUT2D eigenvalue weighted by Crippen LogP contribution is -2.37. The van der Waals surface area contributed by atoms with Gasteiger partial charge in [0.2, 0.25) is 0 Å². The van der Waals surface area contributed by atoms with Gasteiger partial charge in [-0.3, -0.25) is 0 Å². The molecule has 26 heavy (non-hydrogen) atoms. The molecule has 0 radical (unpaired) electrons. The van der Waals surface area contributed by atoms with Gasteiger partial charge in [-0.2, -0.15) is 13.2 Å². The molecule has 0 bridgehead atoms. The summed E-state index contributed by atoms with van der Waals surface area (Å²) in [6.07, 6.45) is 4.55. The first kappa shape index (κ1) is 22.6. The fraction of sp³-hybridized carbons (Fsp3) is 0.611. The predicted molar refractivity (Wildman–Crippen MR) is 102 cm³/mol. The van der Waals surface area contributed by atoms with E-state index in [0.29, 0.717) is 12.2 Å². The maximum atomic E-state index is 12.3. The highest BCUT2D eigenvalue weighted by molar-refractivity contribution is 8.00. The number of hydrogen-bond donors (Lipinski definition) is 2. The number of hydrogen-bond acceptors (Lipinski definition) is 3. The molecule has 2 N–H and O–H groups in total. The molecule has 1 aromatic carbocycles. The molecule has 0 aromatic heterocycles. The number of anilines is 1. The smallest absolute Gasteiger partial charge is 0.337 e. The quantitative estimate of drug-likeness (QED) is 0.502. The molecule has 0 unspecified atom stereocenters. The monoisotopic (exact) mass is 391 g/mol. The number of halogens is 3. The lowest BCUT2D eigenvalue weighted by Gasteiger charge is -2.22. The topological polar surface area (TPSA) is 44.4 Å². The van der Waals surface area contributed by atoms with Crippen LogP contribution in [-0.2, 0) is 0 Å². The normalized spacial score (nSPS) is 11.6. The number of carbonyl (C=O) groups excluding carboxylic acids is 1. The van der Waals surface area contributed by atoms with Crippen molar-refractivity contribution in [3.8, 4) is 0 Å². The first-order valence-electron chi connectivity index (χ1n) is 8.97. The van der Waals surface area contributed by atoms with Gasteiger partial charge in [-0.05, 0) is 62.0 Å². The number of nitrogens with zero attached hydrogens (tertiary/aromatic N) is 1. The lowest BCUT2D eigenvalue weighted by atomic mass is 10.2. The molecule has 0 aliphatic rings. The molecule has 4 nitrogen and oxygen atoms in total. The zero-order valence-electron chi connectivity index (χ0n) is 15.4. The fourth-order valence-electron chi connectivity index (χ4n) is 2.34. The Balaban J connectivity index is 2.36. The van der Waals surface area contributed by atoms with Crippen LogP contribution in [0.3, 0.4) is 0 Å². The molecule has 148 valence electrons. The Morgan fingerprint density at radius 2 is 1.62 bits per heavy atom. The molecule has 1 rings (SSSR count). The van der Waals surface area contributed by atoms with Crippen molar-refractivity contribution in [1.82, 2.24) is 10.2 Å². The number of rotatable bonds is 11. The van der Waals surface area contributed by atoms with Gasteiger partial charge in [-0.15, -0.1) is 0 Å². The molecular formula is C18H28F3N3OS. The predicted octanol–water partition coefficient (Wildman–Crippen LogP) is 5.32. The molecule has 0 saturated heterocycles. The second kappa shape index (κ2) is 12.1. The summed E-state index contributed by atoms with van der Waals surface area (Å²) in [5.74, 6) is 0. The number of unbranched alkanes of at least 4 members (excludes halogenated alkanes) is 2. The van der Waals surface area contributed by atoms with Crippen molar-refractivity contribution in [1.29, 1.82) is 0 Å². The number of alkyl halides is 3. The third-order valence-electron chi connectivity index (χ3n) is 3.72. The molecule has 0 aliphatic carbocycles. The molecule has 0 heterocycles. The Bertz CT molecular complexity index is 515. The van der Waals surface area contributed by atoms with E-state index in [2.05, 4.69) is 29.4 Å². The van der Waals surface area contributed by atoms with Crippen molar-refractivity contribution >= 4 is 23.5 Å². The molecule has 0 spiro atoms. The number of thioether (sulfide) groups is 1. The summed E-state index contributed by atoms with van der Waals surface area (Å²) in [6, 6.07) is 5.24. The van der Waals surface area contributed by atoms with Gasteiger partial charge >= 0.3 is 11.5 Å². The minimum absolute atomic E-state index is 0.0888. The molecule has 1 aromatic rings. The van der Waals surface area contributed by atoms with Gasteiger partial charge in [0, 0.05) is 23.7 Å². The van der Waals surface area contributed by atoms with E-state index in [4.69, 9.17) is 0 Å². The van der Waals surface area contributed by atoms with Crippen molar-refractivity contribution in [3.63, 3.8) is 0 Å². The van der Waals surface area contributed by atoms with Crippen LogP contribution in [-0.4, -0.2) is 42.6 Å². The van der Waals surface area contributed by atoms with E-state index >= 15 is 0 Å². The maximum Gasteiger partial charge on any atom is 0.446 e. The van der Waals surface area contributed by atoms with E-state index in [1.807, 2.05) is 0 Å².